The highest BCUT2D eigenvalue weighted by Crippen LogP contribution is 2.13. The Labute approximate surface area is 119 Å². The maximum atomic E-state index is 12.0. The van der Waals surface area contributed by atoms with Crippen LogP contribution in [-0.4, -0.2) is 14.2 Å². The number of hydrogen-bond acceptors (Lipinski definition) is 3. The van der Waals surface area contributed by atoms with Crippen LogP contribution in [0, 0.1) is 0 Å². The smallest absolute Gasteiger partial charge is 0.131 e. The third kappa shape index (κ3) is 2.81. The molecule has 1 unspecified atom stereocenters. The van der Waals surface area contributed by atoms with Gasteiger partial charge in [-0.2, -0.15) is 0 Å². The molecule has 0 radical (unpaired) electrons. The van der Waals surface area contributed by atoms with Crippen LogP contribution in [0.25, 0.3) is 17.0 Å². The number of para-hydroxylation sites is 1. The molecule has 0 bridgehead atoms. The Bertz CT molecular complexity index is 785. The molecule has 0 aliphatic heterocycles. The molecule has 3 nitrogen and oxygen atoms in total. The number of aromatic nitrogens is 2. The number of nitrogens with zero attached hydrogens (tertiary/aromatic N) is 2. The summed E-state index contributed by atoms with van der Waals surface area (Å²) in [6.45, 7) is 0. The van der Waals surface area contributed by atoms with Crippen LogP contribution in [0.3, 0.4) is 0 Å². The van der Waals surface area contributed by atoms with E-state index in [2.05, 4.69) is 9.97 Å². The van der Waals surface area contributed by atoms with Gasteiger partial charge in [-0.1, -0.05) is 30.3 Å². The third-order valence-corrected chi connectivity index (χ3v) is 3.86. The summed E-state index contributed by atoms with van der Waals surface area (Å²) in [5.74, 6) is 0. The van der Waals surface area contributed by atoms with E-state index in [9.17, 15) is 4.21 Å². The van der Waals surface area contributed by atoms with Crippen molar-refractivity contribution < 1.29 is 4.21 Å². The average molecular weight is 280 g/mol. The van der Waals surface area contributed by atoms with Crippen molar-refractivity contribution in [2.45, 2.75) is 5.03 Å². The first-order chi connectivity index (χ1) is 9.83. The zero-order valence-electron chi connectivity index (χ0n) is 10.6. The molecule has 3 aromatic rings. The van der Waals surface area contributed by atoms with Crippen molar-refractivity contribution in [2.75, 3.05) is 0 Å². The number of hydrogen-bond donors (Lipinski definition) is 0. The molecule has 0 saturated carbocycles. The Balaban J connectivity index is 1.85. The summed E-state index contributed by atoms with van der Waals surface area (Å²) in [7, 11) is -1.25. The Morgan fingerprint density at radius 3 is 2.65 bits per heavy atom. The molecule has 2 aromatic heterocycles. The van der Waals surface area contributed by atoms with Crippen LogP contribution in [0.5, 0.6) is 0 Å². The van der Waals surface area contributed by atoms with Crippen LogP contribution in [0.4, 0.5) is 0 Å². The first-order valence-electron chi connectivity index (χ1n) is 6.18. The van der Waals surface area contributed by atoms with E-state index in [1.165, 1.54) is 0 Å². The molecule has 0 N–H and O–H groups in total. The van der Waals surface area contributed by atoms with Gasteiger partial charge in [-0.3, -0.25) is 0 Å². The number of benzene rings is 1. The fourth-order valence-electron chi connectivity index (χ4n) is 1.84. The Hall–Kier alpha value is -2.33. The Morgan fingerprint density at radius 2 is 1.80 bits per heavy atom. The van der Waals surface area contributed by atoms with E-state index in [0.717, 1.165) is 16.6 Å². The lowest BCUT2D eigenvalue weighted by molar-refractivity contribution is 0.686. The van der Waals surface area contributed by atoms with E-state index in [-0.39, 0.29) is 0 Å². The van der Waals surface area contributed by atoms with Crippen LogP contribution in [0.15, 0.2) is 71.2 Å². The maximum Gasteiger partial charge on any atom is 0.131 e. The summed E-state index contributed by atoms with van der Waals surface area (Å²) in [4.78, 5) is 8.57. The van der Waals surface area contributed by atoms with Gasteiger partial charge in [-0.05, 0) is 30.3 Å². The van der Waals surface area contributed by atoms with Crippen LogP contribution in [0.2, 0.25) is 0 Å². The van der Waals surface area contributed by atoms with Gasteiger partial charge in [-0.15, -0.1) is 0 Å². The minimum atomic E-state index is -1.25. The van der Waals surface area contributed by atoms with E-state index < -0.39 is 10.8 Å². The molecule has 3 rings (SSSR count). The molecule has 4 heteroatoms. The van der Waals surface area contributed by atoms with E-state index >= 15 is 0 Å². The highest BCUT2D eigenvalue weighted by atomic mass is 32.2. The number of fused-ring (bicyclic) bond motifs is 1. The van der Waals surface area contributed by atoms with Crippen molar-refractivity contribution in [3.63, 3.8) is 0 Å². The topological polar surface area (TPSA) is 42.9 Å². The van der Waals surface area contributed by atoms with Crippen molar-refractivity contribution in [1.82, 2.24) is 9.97 Å². The lowest BCUT2D eigenvalue weighted by Gasteiger charge is -1.98. The second kappa shape index (κ2) is 5.75. The summed E-state index contributed by atoms with van der Waals surface area (Å²) in [6, 6.07) is 17.2. The molecule has 2 heterocycles. The van der Waals surface area contributed by atoms with Crippen molar-refractivity contribution in [3.8, 4) is 0 Å². The van der Waals surface area contributed by atoms with Gasteiger partial charge in [0.2, 0.25) is 0 Å². The van der Waals surface area contributed by atoms with Gasteiger partial charge in [0, 0.05) is 17.0 Å². The van der Waals surface area contributed by atoms with Gasteiger partial charge in [0.1, 0.15) is 5.03 Å². The summed E-state index contributed by atoms with van der Waals surface area (Å²) in [5.41, 5.74) is 1.71. The molecule has 1 atom stereocenters. The monoisotopic (exact) mass is 280 g/mol. The molecule has 0 aliphatic rings. The summed E-state index contributed by atoms with van der Waals surface area (Å²) >= 11 is 0. The highest BCUT2D eigenvalue weighted by molar-refractivity contribution is 7.88. The van der Waals surface area contributed by atoms with Gasteiger partial charge < -0.3 is 0 Å². The van der Waals surface area contributed by atoms with Crippen LogP contribution < -0.4 is 0 Å². The zero-order valence-corrected chi connectivity index (χ0v) is 11.5. The van der Waals surface area contributed by atoms with E-state index in [0.29, 0.717) is 5.03 Å². The molecule has 0 saturated heterocycles. The maximum absolute atomic E-state index is 12.0. The van der Waals surface area contributed by atoms with Gasteiger partial charge >= 0.3 is 0 Å². The lowest BCUT2D eigenvalue weighted by Crippen LogP contribution is -1.90. The molecule has 20 heavy (non-hydrogen) atoms. The van der Waals surface area contributed by atoms with Crippen molar-refractivity contribution in [3.05, 3.63) is 71.9 Å². The minimum Gasteiger partial charge on any atom is -0.248 e. The predicted octanol–water partition coefficient (Wildman–Crippen LogP) is 3.41. The van der Waals surface area contributed by atoms with Crippen molar-refractivity contribution in [1.29, 1.82) is 0 Å². The third-order valence-electron chi connectivity index (χ3n) is 2.83. The first-order valence-corrected chi connectivity index (χ1v) is 7.40. The molecular formula is C16H12N2OS. The Kier molecular flexibility index (Phi) is 3.65. The number of rotatable bonds is 3. The zero-order chi connectivity index (χ0) is 13.8. The fraction of sp³-hybridized carbons (Fsp3) is 0. The standard InChI is InChI=1S/C16H12N2OS/c19-20(16-7-3-4-11-17-16)12-10-14-9-8-13-5-1-2-6-15(13)18-14/h1-12H/b12-10-. The van der Waals surface area contributed by atoms with Crippen molar-refractivity contribution >= 4 is 27.8 Å². The normalized spacial score (nSPS) is 12.8. The summed E-state index contributed by atoms with van der Waals surface area (Å²) in [5, 5.41) is 3.25. The van der Waals surface area contributed by atoms with E-state index in [1.807, 2.05) is 42.5 Å². The summed E-state index contributed by atoms with van der Waals surface area (Å²) < 4.78 is 12.0. The van der Waals surface area contributed by atoms with Crippen LogP contribution in [0.1, 0.15) is 5.69 Å². The average Bonchev–Trinajstić information content (AvgIpc) is 2.53. The first kappa shape index (κ1) is 12.7. The fourth-order valence-corrected chi connectivity index (χ4v) is 2.62. The molecule has 1 aromatic carbocycles. The molecule has 98 valence electrons. The van der Waals surface area contributed by atoms with Crippen molar-refractivity contribution in [2.24, 2.45) is 0 Å². The van der Waals surface area contributed by atoms with E-state index in [1.54, 1.807) is 29.8 Å². The molecule has 0 spiro atoms. The van der Waals surface area contributed by atoms with Crippen LogP contribution >= 0.6 is 0 Å². The quantitative estimate of drug-likeness (QED) is 0.738. The van der Waals surface area contributed by atoms with Gasteiger partial charge in [-0.25, -0.2) is 14.2 Å². The van der Waals surface area contributed by atoms with Gasteiger partial charge in [0.25, 0.3) is 0 Å². The van der Waals surface area contributed by atoms with Crippen LogP contribution in [-0.2, 0) is 10.8 Å². The van der Waals surface area contributed by atoms with E-state index in [4.69, 9.17) is 0 Å². The largest absolute Gasteiger partial charge is 0.248 e. The predicted molar refractivity (Wildman–Crippen MR) is 81.4 cm³/mol. The summed E-state index contributed by atoms with van der Waals surface area (Å²) in [6.07, 6.45) is 3.40. The highest BCUT2D eigenvalue weighted by Gasteiger charge is 2.00. The Morgan fingerprint density at radius 1 is 0.950 bits per heavy atom. The lowest BCUT2D eigenvalue weighted by atomic mass is 10.2. The second-order valence-corrected chi connectivity index (χ2v) is 5.48. The number of pyridine rings is 2. The molecule has 0 aliphatic carbocycles. The van der Waals surface area contributed by atoms with Gasteiger partial charge in [0.15, 0.2) is 0 Å². The van der Waals surface area contributed by atoms with Gasteiger partial charge in [0.05, 0.1) is 22.0 Å². The SMILES string of the molecule is O=S(/C=C\c1ccc2ccccc2n1)c1ccccn1. The molecular weight excluding hydrogens is 268 g/mol. The minimum absolute atomic E-state index is 0.546. The molecule has 0 fully saturated rings. The molecule has 0 amide bonds. The second-order valence-electron chi connectivity index (χ2n) is 4.20.